The zero-order valence-electron chi connectivity index (χ0n) is 15.5. The standard InChI is InChI=1S/C18H33N3O3S/c1-19-13-15-8-11-21(12-9-15)25(23,24)17-7-4-10-20(14-17)18(22)16-5-2-3-6-16/h15-17,19H,2-14H2,1H3. The van der Waals surface area contributed by atoms with Crippen molar-refractivity contribution >= 4 is 15.9 Å². The molecule has 0 bridgehead atoms. The van der Waals surface area contributed by atoms with E-state index in [1.807, 2.05) is 11.9 Å². The summed E-state index contributed by atoms with van der Waals surface area (Å²) in [4.78, 5) is 14.5. The molecule has 1 saturated carbocycles. The number of likely N-dealkylation sites (tertiary alicyclic amines) is 1. The summed E-state index contributed by atoms with van der Waals surface area (Å²) in [6.07, 6.45) is 7.57. The number of carbonyl (C=O) groups excluding carboxylic acids is 1. The van der Waals surface area contributed by atoms with Crippen LogP contribution in [0.4, 0.5) is 0 Å². The van der Waals surface area contributed by atoms with Gasteiger partial charge in [0, 0.05) is 32.1 Å². The van der Waals surface area contributed by atoms with E-state index in [0.29, 0.717) is 32.0 Å². The molecule has 25 heavy (non-hydrogen) atoms. The first-order valence-corrected chi connectivity index (χ1v) is 11.4. The van der Waals surface area contributed by atoms with Crippen molar-refractivity contribution in [2.75, 3.05) is 39.8 Å². The smallest absolute Gasteiger partial charge is 0.225 e. The second-order valence-electron chi connectivity index (χ2n) is 7.97. The molecule has 7 heteroatoms. The highest BCUT2D eigenvalue weighted by Crippen LogP contribution is 2.30. The van der Waals surface area contributed by atoms with Crippen LogP contribution in [0.3, 0.4) is 0 Å². The van der Waals surface area contributed by atoms with Crippen LogP contribution in [0.1, 0.15) is 51.4 Å². The van der Waals surface area contributed by atoms with Gasteiger partial charge in [0.2, 0.25) is 15.9 Å². The number of rotatable bonds is 5. The monoisotopic (exact) mass is 371 g/mol. The number of carbonyl (C=O) groups is 1. The highest BCUT2D eigenvalue weighted by molar-refractivity contribution is 7.89. The summed E-state index contributed by atoms with van der Waals surface area (Å²) in [6.45, 7) is 3.34. The van der Waals surface area contributed by atoms with Crippen LogP contribution in [0, 0.1) is 11.8 Å². The summed E-state index contributed by atoms with van der Waals surface area (Å²) < 4.78 is 27.8. The average molecular weight is 372 g/mol. The minimum absolute atomic E-state index is 0.138. The Morgan fingerprint density at radius 3 is 2.32 bits per heavy atom. The van der Waals surface area contributed by atoms with Gasteiger partial charge in [0.25, 0.3) is 0 Å². The second-order valence-corrected chi connectivity index (χ2v) is 10.2. The number of sulfonamides is 1. The summed E-state index contributed by atoms with van der Waals surface area (Å²) in [7, 11) is -1.35. The third kappa shape index (κ3) is 4.37. The number of piperidine rings is 2. The van der Waals surface area contributed by atoms with Gasteiger partial charge in [0.05, 0.1) is 5.25 Å². The van der Waals surface area contributed by atoms with Crippen LogP contribution in [0.5, 0.6) is 0 Å². The zero-order chi connectivity index (χ0) is 17.9. The fourth-order valence-corrected chi connectivity index (χ4v) is 6.65. The lowest BCUT2D eigenvalue weighted by Gasteiger charge is -2.38. The summed E-state index contributed by atoms with van der Waals surface area (Å²) >= 11 is 0. The lowest BCUT2D eigenvalue weighted by molar-refractivity contribution is -0.136. The van der Waals surface area contributed by atoms with Gasteiger partial charge in [-0.05, 0) is 58.0 Å². The largest absolute Gasteiger partial charge is 0.341 e. The molecule has 1 aliphatic carbocycles. The van der Waals surface area contributed by atoms with E-state index in [9.17, 15) is 13.2 Å². The van der Waals surface area contributed by atoms with E-state index in [2.05, 4.69) is 5.32 Å². The molecule has 3 rings (SSSR count). The molecule has 1 N–H and O–H groups in total. The second kappa shape index (κ2) is 8.35. The fraction of sp³-hybridized carbons (Fsp3) is 0.944. The molecule has 0 spiro atoms. The van der Waals surface area contributed by atoms with Gasteiger partial charge in [-0.2, -0.15) is 0 Å². The first kappa shape index (κ1) is 19.1. The first-order chi connectivity index (χ1) is 12.0. The summed E-state index contributed by atoms with van der Waals surface area (Å²) in [6, 6.07) is 0. The number of nitrogens with one attached hydrogen (secondary N) is 1. The predicted molar refractivity (Wildman–Crippen MR) is 98.7 cm³/mol. The van der Waals surface area contributed by atoms with Crippen molar-refractivity contribution in [1.82, 2.24) is 14.5 Å². The molecule has 0 aromatic rings. The SMILES string of the molecule is CNCC1CCN(S(=O)(=O)C2CCCN(C(=O)C3CCCC3)C2)CC1. The number of hydrogen-bond acceptors (Lipinski definition) is 4. The Balaban J connectivity index is 1.59. The molecule has 6 nitrogen and oxygen atoms in total. The molecule has 2 aliphatic heterocycles. The normalized spacial score (nSPS) is 27.7. The first-order valence-electron chi connectivity index (χ1n) is 9.94. The van der Waals surface area contributed by atoms with Gasteiger partial charge in [-0.15, -0.1) is 0 Å². The maximum atomic E-state index is 13.1. The highest BCUT2D eigenvalue weighted by Gasteiger charge is 2.39. The Bertz CT molecular complexity index is 552. The summed E-state index contributed by atoms with van der Waals surface area (Å²) in [5.74, 6) is 0.909. The molecule has 1 unspecified atom stereocenters. The average Bonchev–Trinajstić information content (AvgIpc) is 3.17. The molecule has 0 radical (unpaired) electrons. The molecule has 1 atom stereocenters. The predicted octanol–water partition coefficient (Wildman–Crippen LogP) is 1.43. The van der Waals surface area contributed by atoms with Gasteiger partial charge >= 0.3 is 0 Å². The van der Waals surface area contributed by atoms with Crippen molar-refractivity contribution < 1.29 is 13.2 Å². The Kier molecular flexibility index (Phi) is 6.39. The van der Waals surface area contributed by atoms with E-state index in [1.54, 1.807) is 4.31 Å². The van der Waals surface area contributed by atoms with Crippen molar-refractivity contribution in [3.8, 4) is 0 Å². The van der Waals surface area contributed by atoms with Crippen LogP contribution in [-0.2, 0) is 14.8 Å². The number of amides is 1. The van der Waals surface area contributed by atoms with Crippen LogP contribution in [0.25, 0.3) is 0 Å². The van der Waals surface area contributed by atoms with Crippen molar-refractivity contribution in [3.63, 3.8) is 0 Å². The third-order valence-electron chi connectivity index (χ3n) is 6.24. The topological polar surface area (TPSA) is 69.7 Å². The van der Waals surface area contributed by atoms with E-state index in [-0.39, 0.29) is 11.8 Å². The van der Waals surface area contributed by atoms with Gasteiger partial charge in [-0.1, -0.05) is 12.8 Å². The van der Waals surface area contributed by atoms with Crippen LogP contribution in [0.15, 0.2) is 0 Å². The molecule has 3 fully saturated rings. The van der Waals surface area contributed by atoms with Crippen molar-refractivity contribution in [1.29, 1.82) is 0 Å². The molecule has 3 aliphatic rings. The fourth-order valence-electron chi connectivity index (χ4n) is 4.68. The molecule has 0 aromatic carbocycles. The Hall–Kier alpha value is -0.660. The van der Waals surface area contributed by atoms with E-state index in [1.165, 1.54) is 0 Å². The third-order valence-corrected chi connectivity index (χ3v) is 8.55. The van der Waals surface area contributed by atoms with Gasteiger partial charge in [0.1, 0.15) is 0 Å². The van der Waals surface area contributed by atoms with Gasteiger partial charge < -0.3 is 10.2 Å². The van der Waals surface area contributed by atoms with Crippen LogP contribution < -0.4 is 5.32 Å². The van der Waals surface area contributed by atoms with E-state index < -0.39 is 15.3 Å². The van der Waals surface area contributed by atoms with Gasteiger partial charge in [0.15, 0.2) is 0 Å². The van der Waals surface area contributed by atoms with Crippen LogP contribution in [-0.4, -0.2) is 68.6 Å². The minimum Gasteiger partial charge on any atom is -0.341 e. The molecule has 2 heterocycles. The van der Waals surface area contributed by atoms with E-state index in [4.69, 9.17) is 0 Å². The Labute approximate surface area is 152 Å². The van der Waals surface area contributed by atoms with Gasteiger partial charge in [-0.3, -0.25) is 4.79 Å². The van der Waals surface area contributed by atoms with Crippen molar-refractivity contribution in [2.24, 2.45) is 11.8 Å². The van der Waals surface area contributed by atoms with E-state index >= 15 is 0 Å². The lowest BCUT2D eigenvalue weighted by atomic mass is 9.98. The molecule has 0 aromatic heterocycles. The zero-order valence-corrected chi connectivity index (χ0v) is 16.3. The van der Waals surface area contributed by atoms with Gasteiger partial charge in [-0.25, -0.2) is 12.7 Å². The lowest BCUT2D eigenvalue weighted by Crippen LogP contribution is -2.52. The molecule has 144 valence electrons. The quantitative estimate of drug-likeness (QED) is 0.794. The molecular weight excluding hydrogens is 338 g/mol. The van der Waals surface area contributed by atoms with Crippen LogP contribution >= 0.6 is 0 Å². The van der Waals surface area contributed by atoms with E-state index in [0.717, 1.165) is 58.0 Å². The Morgan fingerprint density at radius 2 is 1.68 bits per heavy atom. The maximum Gasteiger partial charge on any atom is 0.225 e. The van der Waals surface area contributed by atoms with Crippen LogP contribution in [0.2, 0.25) is 0 Å². The Morgan fingerprint density at radius 1 is 1.00 bits per heavy atom. The summed E-state index contributed by atoms with van der Waals surface area (Å²) in [5.41, 5.74) is 0. The minimum atomic E-state index is -3.29. The number of hydrogen-bond donors (Lipinski definition) is 1. The maximum absolute atomic E-state index is 13.1. The van der Waals surface area contributed by atoms with Crippen molar-refractivity contribution in [3.05, 3.63) is 0 Å². The molecule has 2 saturated heterocycles. The molecular formula is C18H33N3O3S. The number of nitrogens with zero attached hydrogens (tertiary/aromatic N) is 2. The molecule has 1 amide bonds. The summed E-state index contributed by atoms with van der Waals surface area (Å²) in [5, 5.41) is 2.78. The highest BCUT2D eigenvalue weighted by atomic mass is 32.2. The van der Waals surface area contributed by atoms with Crippen molar-refractivity contribution in [2.45, 2.75) is 56.6 Å².